The number of benzene rings is 1. The van der Waals surface area contributed by atoms with Gasteiger partial charge < -0.3 is 10.6 Å². The van der Waals surface area contributed by atoms with Crippen LogP contribution in [0.3, 0.4) is 0 Å². The van der Waals surface area contributed by atoms with Gasteiger partial charge in [0.2, 0.25) is 0 Å². The molecule has 1 aromatic rings. The minimum Gasteiger partial charge on any atom is -0.386 e. The lowest BCUT2D eigenvalue weighted by molar-refractivity contribution is -0.118. The second-order valence-electron chi connectivity index (χ2n) is 5.35. The average molecular weight is 336 g/mol. The van der Waals surface area contributed by atoms with Crippen molar-refractivity contribution < 1.29 is 4.79 Å². The molecule has 0 bridgehead atoms. The van der Waals surface area contributed by atoms with Crippen molar-refractivity contribution in [3.8, 4) is 6.07 Å². The van der Waals surface area contributed by atoms with Crippen molar-refractivity contribution in [1.82, 2.24) is 10.6 Å². The summed E-state index contributed by atoms with van der Waals surface area (Å²) in [7, 11) is 0. The fourth-order valence-corrected chi connectivity index (χ4v) is 1.89. The molecule has 0 aliphatic heterocycles. The highest BCUT2D eigenvalue weighted by atomic mass is 79.9. The van der Waals surface area contributed by atoms with Gasteiger partial charge in [0.25, 0.3) is 5.91 Å². The molecule has 0 fully saturated rings. The maximum Gasteiger partial charge on any atom is 0.263 e. The minimum atomic E-state index is -0.375. The topological polar surface area (TPSA) is 64.9 Å². The predicted octanol–water partition coefficient (Wildman–Crippen LogP) is 2.86. The molecule has 1 rings (SSSR count). The first kappa shape index (κ1) is 16.3. The molecule has 1 amide bonds. The summed E-state index contributed by atoms with van der Waals surface area (Å²) in [6.45, 7) is 6.15. The van der Waals surface area contributed by atoms with Gasteiger partial charge in [0.15, 0.2) is 0 Å². The summed E-state index contributed by atoms with van der Waals surface area (Å²) in [5.41, 5.74) is 0.749. The Balaban J connectivity index is 2.66. The highest BCUT2D eigenvalue weighted by molar-refractivity contribution is 9.10. The Hall–Kier alpha value is -1.80. The van der Waals surface area contributed by atoms with Gasteiger partial charge in [-0.2, -0.15) is 5.26 Å². The molecule has 0 aromatic heterocycles. The van der Waals surface area contributed by atoms with Crippen LogP contribution in [0.25, 0.3) is 0 Å². The first-order valence-corrected chi connectivity index (χ1v) is 7.02. The number of carbonyl (C=O) groups excluding carboxylic acids is 1. The molecule has 0 aliphatic carbocycles. The molecule has 4 nitrogen and oxygen atoms in total. The maximum atomic E-state index is 11.8. The highest BCUT2D eigenvalue weighted by Crippen LogP contribution is 2.15. The Bertz CT molecular complexity index is 553. The number of hydrogen-bond donors (Lipinski definition) is 2. The summed E-state index contributed by atoms with van der Waals surface area (Å²) >= 11 is 3.44. The van der Waals surface area contributed by atoms with Crippen molar-refractivity contribution in [2.24, 2.45) is 0 Å². The SMILES string of the molecule is CC(C)(C)NC(=O)/C(C#N)=C\NCc1ccccc1Br. The van der Waals surface area contributed by atoms with Crippen molar-refractivity contribution in [2.75, 3.05) is 0 Å². The van der Waals surface area contributed by atoms with E-state index in [0.29, 0.717) is 6.54 Å². The van der Waals surface area contributed by atoms with Gasteiger partial charge in [-0.3, -0.25) is 4.79 Å². The predicted molar refractivity (Wildman–Crippen MR) is 82.6 cm³/mol. The Kier molecular flexibility index (Phi) is 5.78. The lowest BCUT2D eigenvalue weighted by Crippen LogP contribution is -2.41. The van der Waals surface area contributed by atoms with E-state index in [1.807, 2.05) is 51.1 Å². The molecule has 0 aliphatic rings. The van der Waals surface area contributed by atoms with Crippen LogP contribution in [0, 0.1) is 11.3 Å². The van der Waals surface area contributed by atoms with Crippen LogP contribution in [0.5, 0.6) is 0 Å². The molecule has 0 atom stereocenters. The van der Waals surface area contributed by atoms with Gasteiger partial charge >= 0.3 is 0 Å². The molecule has 0 spiro atoms. The zero-order chi connectivity index (χ0) is 15.2. The standard InChI is InChI=1S/C15H18BrN3O/c1-15(2,3)19-14(20)12(8-17)10-18-9-11-6-4-5-7-13(11)16/h4-7,10,18H,9H2,1-3H3,(H,19,20)/b12-10-. The van der Waals surface area contributed by atoms with Gasteiger partial charge in [-0.25, -0.2) is 0 Å². The highest BCUT2D eigenvalue weighted by Gasteiger charge is 2.16. The quantitative estimate of drug-likeness (QED) is 0.656. The average Bonchev–Trinajstić information content (AvgIpc) is 2.34. The van der Waals surface area contributed by atoms with Gasteiger partial charge in [0, 0.05) is 22.8 Å². The van der Waals surface area contributed by atoms with Crippen LogP contribution in [-0.2, 0) is 11.3 Å². The molecule has 1 aromatic carbocycles. The van der Waals surface area contributed by atoms with Crippen LogP contribution in [0.4, 0.5) is 0 Å². The molecule has 5 heteroatoms. The number of rotatable bonds is 4. The number of nitriles is 1. The van der Waals surface area contributed by atoms with Crippen LogP contribution < -0.4 is 10.6 Å². The Morgan fingerprint density at radius 1 is 1.40 bits per heavy atom. The zero-order valence-corrected chi connectivity index (χ0v) is 13.4. The van der Waals surface area contributed by atoms with E-state index in [0.717, 1.165) is 10.0 Å². The normalized spacial score (nSPS) is 11.7. The third-order valence-electron chi connectivity index (χ3n) is 2.35. The van der Waals surface area contributed by atoms with Crippen molar-refractivity contribution in [1.29, 1.82) is 5.26 Å². The van der Waals surface area contributed by atoms with E-state index in [1.54, 1.807) is 0 Å². The second-order valence-corrected chi connectivity index (χ2v) is 6.20. The summed E-state index contributed by atoms with van der Waals surface area (Å²) in [5, 5.41) is 14.8. The number of hydrogen-bond acceptors (Lipinski definition) is 3. The molecule has 0 saturated carbocycles. The number of carbonyl (C=O) groups is 1. The summed E-state index contributed by atoms with van der Waals surface area (Å²) < 4.78 is 0.985. The van der Waals surface area contributed by atoms with Gasteiger partial charge in [0.05, 0.1) is 0 Å². The molecule has 0 heterocycles. The van der Waals surface area contributed by atoms with E-state index in [1.165, 1.54) is 6.20 Å². The van der Waals surface area contributed by atoms with E-state index in [2.05, 4.69) is 26.6 Å². The van der Waals surface area contributed by atoms with Gasteiger partial charge in [-0.05, 0) is 32.4 Å². The summed E-state index contributed by atoms with van der Waals surface area (Å²) in [4.78, 5) is 11.8. The van der Waals surface area contributed by atoms with Crippen LogP contribution in [0.1, 0.15) is 26.3 Å². The van der Waals surface area contributed by atoms with E-state index >= 15 is 0 Å². The largest absolute Gasteiger partial charge is 0.386 e. The summed E-state index contributed by atoms with van der Waals surface area (Å²) in [5.74, 6) is -0.375. The number of amides is 1. The van der Waals surface area contributed by atoms with Crippen LogP contribution in [-0.4, -0.2) is 11.4 Å². The first-order chi connectivity index (χ1) is 9.33. The van der Waals surface area contributed by atoms with E-state index in [9.17, 15) is 4.79 Å². The molecule has 106 valence electrons. The minimum absolute atomic E-state index is 0.0620. The molecular formula is C15H18BrN3O. The molecule has 0 radical (unpaired) electrons. The lowest BCUT2D eigenvalue weighted by atomic mass is 10.1. The Morgan fingerprint density at radius 2 is 2.05 bits per heavy atom. The fourth-order valence-electron chi connectivity index (χ4n) is 1.46. The van der Waals surface area contributed by atoms with Gasteiger partial charge in [-0.15, -0.1) is 0 Å². The van der Waals surface area contributed by atoms with Crippen molar-refractivity contribution in [2.45, 2.75) is 32.9 Å². The van der Waals surface area contributed by atoms with Gasteiger partial charge in [-0.1, -0.05) is 34.1 Å². The van der Waals surface area contributed by atoms with Gasteiger partial charge in [0.1, 0.15) is 11.6 Å². The van der Waals surface area contributed by atoms with E-state index in [4.69, 9.17) is 5.26 Å². The van der Waals surface area contributed by atoms with Crippen LogP contribution in [0.2, 0.25) is 0 Å². The van der Waals surface area contributed by atoms with Crippen LogP contribution >= 0.6 is 15.9 Å². The van der Waals surface area contributed by atoms with E-state index in [-0.39, 0.29) is 17.0 Å². The maximum absolute atomic E-state index is 11.8. The monoisotopic (exact) mass is 335 g/mol. The Labute approximate surface area is 128 Å². The molecule has 20 heavy (non-hydrogen) atoms. The number of halogens is 1. The fraction of sp³-hybridized carbons (Fsp3) is 0.333. The number of nitrogens with one attached hydrogen (secondary N) is 2. The number of nitrogens with zero attached hydrogens (tertiary/aromatic N) is 1. The lowest BCUT2D eigenvalue weighted by Gasteiger charge is -2.20. The zero-order valence-electron chi connectivity index (χ0n) is 11.8. The van der Waals surface area contributed by atoms with Crippen LogP contribution in [0.15, 0.2) is 40.5 Å². The van der Waals surface area contributed by atoms with Crippen molar-refractivity contribution >= 4 is 21.8 Å². The third kappa shape index (κ3) is 5.45. The van der Waals surface area contributed by atoms with Crippen molar-refractivity contribution in [3.05, 3.63) is 46.1 Å². The van der Waals surface area contributed by atoms with Crippen molar-refractivity contribution in [3.63, 3.8) is 0 Å². The third-order valence-corrected chi connectivity index (χ3v) is 3.12. The van der Waals surface area contributed by atoms with E-state index < -0.39 is 0 Å². The molecule has 0 unspecified atom stereocenters. The summed E-state index contributed by atoms with van der Waals surface area (Å²) in [6, 6.07) is 9.67. The smallest absolute Gasteiger partial charge is 0.263 e. The summed E-state index contributed by atoms with van der Waals surface area (Å²) in [6.07, 6.45) is 1.44. The molecule has 2 N–H and O–H groups in total. The second kappa shape index (κ2) is 7.11. The molecular weight excluding hydrogens is 318 g/mol. The Morgan fingerprint density at radius 3 is 2.60 bits per heavy atom. The first-order valence-electron chi connectivity index (χ1n) is 6.23. The molecule has 0 saturated heterocycles.